The summed E-state index contributed by atoms with van der Waals surface area (Å²) in [6.07, 6.45) is 6.80. The molecule has 1 aliphatic carbocycles. The van der Waals surface area contributed by atoms with Crippen LogP contribution in [0.15, 0.2) is 30.3 Å². The van der Waals surface area contributed by atoms with E-state index in [9.17, 15) is 4.79 Å². The van der Waals surface area contributed by atoms with Crippen LogP contribution in [-0.2, 0) is 16.1 Å². The van der Waals surface area contributed by atoms with E-state index in [1.54, 1.807) is 0 Å². The standard InChI is InChI=1S/C18H27NO2/c1-15(13-19-12-11-16-7-5-6-8-16)18(20)21-14-17-9-3-2-4-10-17/h2-4,9-10,15-16,19H,5-8,11-14H2,1H3. The van der Waals surface area contributed by atoms with Gasteiger partial charge in [0.15, 0.2) is 0 Å². The lowest BCUT2D eigenvalue weighted by atomic mass is 10.0. The van der Waals surface area contributed by atoms with Crippen LogP contribution in [0.1, 0.15) is 44.6 Å². The van der Waals surface area contributed by atoms with Crippen molar-refractivity contribution in [3.63, 3.8) is 0 Å². The number of hydrogen-bond acceptors (Lipinski definition) is 3. The molecule has 0 aliphatic heterocycles. The van der Waals surface area contributed by atoms with Gasteiger partial charge in [-0.1, -0.05) is 62.9 Å². The van der Waals surface area contributed by atoms with Crippen molar-refractivity contribution in [1.29, 1.82) is 0 Å². The average Bonchev–Trinajstić information content (AvgIpc) is 3.03. The van der Waals surface area contributed by atoms with E-state index < -0.39 is 0 Å². The van der Waals surface area contributed by atoms with Gasteiger partial charge in [-0.25, -0.2) is 0 Å². The third-order valence-corrected chi connectivity index (χ3v) is 4.28. The highest BCUT2D eigenvalue weighted by atomic mass is 16.5. The second-order valence-corrected chi connectivity index (χ2v) is 6.14. The van der Waals surface area contributed by atoms with Crippen LogP contribution in [0.3, 0.4) is 0 Å². The Balaban J connectivity index is 1.56. The molecule has 0 amide bonds. The normalized spacial score (nSPS) is 16.8. The summed E-state index contributed by atoms with van der Waals surface area (Å²) in [7, 11) is 0. The third-order valence-electron chi connectivity index (χ3n) is 4.28. The van der Waals surface area contributed by atoms with Crippen LogP contribution in [0.4, 0.5) is 0 Å². The lowest BCUT2D eigenvalue weighted by Crippen LogP contribution is -2.29. The summed E-state index contributed by atoms with van der Waals surface area (Å²) in [6, 6.07) is 9.81. The van der Waals surface area contributed by atoms with Crippen LogP contribution in [0.2, 0.25) is 0 Å². The minimum atomic E-state index is -0.118. The van der Waals surface area contributed by atoms with E-state index in [1.165, 1.54) is 32.1 Å². The Morgan fingerprint density at radius 2 is 2.00 bits per heavy atom. The van der Waals surface area contributed by atoms with E-state index >= 15 is 0 Å². The van der Waals surface area contributed by atoms with E-state index in [-0.39, 0.29) is 11.9 Å². The van der Waals surface area contributed by atoms with Gasteiger partial charge in [0.2, 0.25) is 0 Å². The van der Waals surface area contributed by atoms with Crippen LogP contribution in [-0.4, -0.2) is 19.1 Å². The predicted molar refractivity (Wildman–Crippen MR) is 84.8 cm³/mol. The molecule has 0 aromatic heterocycles. The average molecular weight is 289 g/mol. The highest BCUT2D eigenvalue weighted by Crippen LogP contribution is 2.26. The van der Waals surface area contributed by atoms with Crippen molar-refractivity contribution in [2.45, 2.75) is 45.6 Å². The smallest absolute Gasteiger partial charge is 0.310 e. The maximum Gasteiger partial charge on any atom is 0.310 e. The number of carbonyl (C=O) groups is 1. The molecule has 21 heavy (non-hydrogen) atoms. The topological polar surface area (TPSA) is 38.3 Å². The second-order valence-electron chi connectivity index (χ2n) is 6.14. The molecular formula is C18H27NO2. The molecule has 0 radical (unpaired) electrons. The summed E-state index contributed by atoms with van der Waals surface area (Å²) >= 11 is 0. The number of esters is 1. The zero-order valence-electron chi connectivity index (χ0n) is 13.0. The fourth-order valence-corrected chi connectivity index (χ4v) is 2.88. The van der Waals surface area contributed by atoms with Crippen LogP contribution in [0.5, 0.6) is 0 Å². The van der Waals surface area contributed by atoms with Crippen molar-refractivity contribution in [1.82, 2.24) is 5.32 Å². The van der Waals surface area contributed by atoms with Gasteiger partial charge in [-0.05, 0) is 24.4 Å². The van der Waals surface area contributed by atoms with Gasteiger partial charge in [0.05, 0.1) is 5.92 Å². The van der Waals surface area contributed by atoms with Crippen molar-refractivity contribution in [3.05, 3.63) is 35.9 Å². The molecule has 1 aromatic carbocycles. The van der Waals surface area contributed by atoms with Gasteiger partial charge in [-0.15, -0.1) is 0 Å². The first kappa shape index (κ1) is 16.0. The minimum Gasteiger partial charge on any atom is -0.461 e. The largest absolute Gasteiger partial charge is 0.461 e. The van der Waals surface area contributed by atoms with Crippen molar-refractivity contribution >= 4 is 5.97 Å². The third kappa shape index (κ3) is 5.88. The number of ether oxygens (including phenoxy) is 1. The van der Waals surface area contributed by atoms with E-state index in [0.29, 0.717) is 13.2 Å². The molecule has 3 nitrogen and oxygen atoms in total. The SMILES string of the molecule is CC(CNCCC1CCCC1)C(=O)OCc1ccccc1. The Labute approximate surface area is 128 Å². The fourth-order valence-electron chi connectivity index (χ4n) is 2.88. The quantitative estimate of drug-likeness (QED) is 0.587. The molecule has 0 heterocycles. The molecular weight excluding hydrogens is 262 g/mol. The van der Waals surface area contributed by atoms with Gasteiger partial charge in [0.25, 0.3) is 0 Å². The number of rotatable bonds is 8. The molecule has 3 heteroatoms. The van der Waals surface area contributed by atoms with Crippen LogP contribution >= 0.6 is 0 Å². The molecule has 1 aliphatic rings. The Hall–Kier alpha value is -1.35. The molecule has 0 saturated heterocycles. The summed E-state index contributed by atoms with van der Waals surface area (Å²) in [5.74, 6) is 0.697. The molecule has 1 saturated carbocycles. The number of nitrogens with one attached hydrogen (secondary N) is 1. The van der Waals surface area contributed by atoms with Crippen LogP contribution in [0, 0.1) is 11.8 Å². The Morgan fingerprint density at radius 1 is 1.29 bits per heavy atom. The highest BCUT2D eigenvalue weighted by Gasteiger charge is 2.16. The molecule has 1 unspecified atom stereocenters. The molecule has 2 rings (SSSR count). The summed E-state index contributed by atoms with van der Waals surface area (Å²) in [6.45, 7) is 4.02. The van der Waals surface area contributed by atoms with Crippen molar-refractivity contribution in [3.8, 4) is 0 Å². The molecule has 1 atom stereocenters. The van der Waals surface area contributed by atoms with Gasteiger partial charge in [0, 0.05) is 6.54 Å². The Kier molecular flexibility index (Phi) is 6.74. The minimum absolute atomic E-state index is 0.0858. The zero-order valence-corrected chi connectivity index (χ0v) is 13.0. The van der Waals surface area contributed by atoms with Gasteiger partial charge in [-0.3, -0.25) is 4.79 Å². The van der Waals surface area contributed by atoms with Crippen molar-refractivity contribution in [2.75, 3.05) is 13.1 Å². The Bertz CT molecular complexity index is 412. The van der Waals surface area contributed by atoms with Gasteiger partial charge < -0.3 is 10.1 Å². The number of hydrogen-bond donors (Lipinski definition) is 1. The van der Waals surface area contributed by atoms with Gasteiger partial charge >= 0.3 is 5.97 Å². The van der Waals surface area contributed by atoms with Crippen molar-refractivity contribution in [2.24, 2.45) is 11.8 Å². The maximum absolute atomic E-state index is 11.9. The lowest BCUT2D eigenvalue weighted by Gasteiger charge is -2.14. The first-order valence-electron chi connectivity index (χ1n) is 8.17. The molecule has 1 aromatic rings. The van der Waals surface area contributed by atoms with Gasteiger partial charge in [-0.2, -0.15) is 0 Å². The molecule has 1 fully saturated rings. The van der Waals surface area contributed by atoms with Crippen LogP contribution in [0.25, 0.3) is 0 Å². The summed E-state index contributed by atoms with van der Waals surface area (Å²) < 4.78 is 5.34. The molecule has 0 spiro atoms. The maximum atomic E-state index is 11.9. The lowest BCUT2D eigenvalue weighted by molar-refractivity contribution is -0.149. The number of benzene rings is 1. The van der Waals surface area contributed by atoms with Crippen molar-refractivity contribution < 1.29 is 9.53 Å². The molecule has 0 bridgehead atoms. The van der Waals surface area contributed by atoms with Gasteiger partial charge in [0.1, 0.15) is 6.61 Å². The predicted octanol–water partition coefficient (Wildman–Crippen LogP) is 3.54. The fraction of sp³-hybridized carbons (Fsp3) is 0.611. The van der Waals surface area contributed by atoms with E-state index in [2.05, 4.69) is 5.32 Å². The zero-order chi connectivity index (χ0) is 14.9. The summed E-state index contributed by atoms with van der Waals surface area (Å²) in [4.78, 5) is 11.9. The van der Waals surface area contributed by atoms with Crippen LogP contribution < -0.4 is 5.32 Å². The Morgan fingerprint density at radius 3 is 2.71 bits per heavy atom. The summed E-state index contributed by atoms with van der Waals surface area (Å²) in [5.41, 5.74) is 1.03. The molecule has 116 valence electrons. The first-order valence-corrected chi connectivity index (χ1v) is 8.17. The highest BCUT2D eigenvalue weighted by molar-refractivity contribution is 5.72. The van der Waals surface area contributed by atoms with E-state index in [0.717, 1.165) is 18.0 Å². The monoisotopic (exact) mass is 289 g/mol. The molecule has 1 N–H and O–H groups in total. The summed E-state index contributed by atoms with van der Waals surface area (Å²) in [5, 5.41) is 3.39. The van der Waals surface area contributed by atoms with E-state index in [1.807, 2.05) is 37.3 Å². The first-order chi connectivity index (χ1) is 10.3. The number of carbonyl (C=O) groups excluding carboxylic acids is 1. The van der Waals surface area contributed by atoms with E-state index in [4.69, 9.17) is 4.74 Å². The second kappa shape index (κ2) is 8.83.